The summed E-state index contributed by atoms with van der Waals surface area (Å²) in [6.45, 7) is 4.90. The van der Waals surface area contributed by atoms with Crippen LogP contribution in [-0.4, -0.2) is 30.4 Å². The summed E-state index contributed by atoms with van der Waals surface area (Å²) < 4.78 is 16.9. The molecule has 9 nitrogen and oxygen atoms in total. The summed E-state index contributed by atoms with van der Waals surface area (Å²) >= 11 is 6.08. The molecule has 3 rings (SSSR count). The van der Waals surface area contributed by atoms with E-state index >= 15 is 0 Å². The molecule has 29 heavy (non-hydrogen) atoms. The molecule has 0 aliphatic rings. The number of nitrogens with zero attached hydrogens (tertiary/aromatic N) is 5. The number of rotatable bonds is 6. The van der Waals surface area contributed by atoms with Crippen LogP contribution < -0.4 is 5.32 Å². The normalized spacial score (nSPS) is 10.9. The number of aromatic nitrogens is 4. The van der Waals surface area contributed by atoms with Crippen molar-refractivity contribution in [2.75, 3.05) is 5.32 Å². The van der Waals surface area contributed by atoms with E-state index in [1.807, 2.05) is 0 Å². The molecule has 3 aromatic rings. The number of anilines is 1. The van der Waals surface area contributed by atoms with Crippen molar-refractivity contribution in [2.45, 2.75) is 33.9 Å². The number of hydrogen-bond donors (Lipinski definition) is 1. The maximum absolute atomic E-state index is 14.1. The first-order chi connectivity index (χ1) is 13.7. The first-order valence-electron chi connectivity index (χ1n) is 8.62. The number of nitrogens with one attached hydrogen (secondary N) is 1. The maximum atomic E-state index is 14.1. The zero-order chi connectivity index (χ0) is 21.3. The predicted octanol–water partition coefficient (Wildman–Crippen LogP) is 3.39. The van der Waals surface area contributed by atoms with E-state index < -0.39 is 16.6 Å². The van der Waals surface area contributed by atoms with Crippen LogP contribution in [0.3, 0.4) is 0 Å². The van der Waals surface area contributed by atoms with Crippen molar-refractivity contribution < 1.29 is 14.1 Å². The van der Waals surface area contributed by atoms with Crippen molar-refractivity contribution in [2.24, 2.45) is 0 Å². The van der Waals surface area contributed by atoms with Gasteiger partial charge in [-0.2, -0.15) is 10.2 Å². The number of carbonyl (C=O) groups is 1. The molecule has 0 saturated carbocycles. The Balaban J connectivity index is 1.78. The average Bonchev–Trinajstić information content (AvgIpc) is 3.13. The van der Waals surface area contributed by atoms with Crippen LogP contribution in [0, 0.1) is 36.7 Å². The second-order valence-electron chi connectivity index (χ2n) is 6.48. The van der Waals surface area contributed by atoms with Crippen LogP contribution in [0.5, 0.6) is 0 Å². The molecule has 152 valence electrons. The van der Waals surface area contributed by atoms with Gasteiger partial charge in [0.25, 0.3) is 0 Å². The molecule has 2 heterocycles. The summed E-state index contributed by atoms with van der Waals surface area (Å²) in [6, 6.07) is 4.44. The van der Waals surface area contributed by atoms with Crippen LogP contribution in [0.1, 0.15) is 22.6 Å². The number of amides is 1. The third-order valence-corrected chi connectivity index (χ3v) is 4.94. The zero-order valence-corrected chi connectivity index (χ0v) is 16.7. The molecule has 0 radical (unpaired) electrons. The highest BCUT2D eigenvalue weighted by atomic mass is 35.5. The van der Waals surface area contributed by atoms with E-state index in [9.17, 15) is 19.3 Å². The fourth-order valence-electron chi connectivity index (χ4n) is 2.96. The van der Waals surface area contributed by atoms with Gasteiger partial charge >= 0.3 is 5.69 Å². The Kier molecular flexibility index (Phi) is 5.64. The molecular formula is C18H18ClFN6O3. The fourth-order valence-corrected chi connectivity index (χ4v) is 3.18. The molecule has 0 saturated heterocycles. The first kappa shape index (κ1) is 20.5. The van der Waals surface area contributed by atoms with Crippen LogP contribution in [0.25, 0.3) is 0 Å². The van der Waals surface area contributed by atoms with Gasteiger partial charge in [-0.15, -0.1) is 0 Å². The molecule has 0 spiro atoms. The lowest BCUT2D eigenvalue weighted by molar-refractivity contribution is -0.385. The van der Waals surface area contributed by atoms with E-state index in [2.05, 4.69) is 15.5 Å². The summed E-state index contributed by atoms with van der Waals surface area (Å²) in [5, 5.41) is 22.2. The number of aryl methyl sites for hydroxylation is 1. The lowest BCUT2D eigenvalue weighted by atomic mass is 10.2. The topological polar surface area (TPSA) is 108 Å². The third kappa shape index (κ3) is 4.11. The first-order valence-corrected chi connectivity index (χ1v) is 9.00. The zero-order valence-electron chi connectivity index (χ0n) is 15.9. The van der Waals surface area contributed by atoms with E-state index in [0.717, 1.165) is 6.20 Å². The summed E-state index contributed by atoms with van der Waals surface area (Å²) in [5.74, 6) is -0.854. The summed E-state index contributed by atoms with van der Waals surface area (Å²) in [5.41, 5.74) is 2.09. The van der Waals surface area contributed by atoms with Crippen molar-refractivity contribution in [3.05, 3.63) is 68.0 Å². The van der Waals surface area contributed by atoms with Crippen molar-refractivity contribution in [3.8, 4) is 0 Å². The minimum atomic E-state index is -0.553. The highest BCUT2D eigenvalue weighted by Crippen LogP contribution is 2.24. The molecule has 11 heteroatoms. The number of hydrogen-bond acceptors (Lipinski definition) is 5. The molecule has 0 atom stereocenters. The molecule has 0 bridgehead atoms. The predicted molar refractivity (Wildman–Crippen MR) is 104 cm³/mol. The highest BCUT2D eigenvalue weighted by molar-refractivity contribution is 6.31. The molecule has 1 N–H and O–H groups in total. The van der Waals surface area contributed by atoms with Crippen LogP contribution in [-0.2, 0) is 17.9 Å². The Morgan fingerprint density at radius 2 is 2.00 bits per heavy atom. The monoisotopic (exact) mass is 420 g/mol. The molecule has 0 unspecified atom stereocenters. The summed E-state index contributed by atoms with van der Waals surface area (Å²) in [6.07, 6.45) is 1.11. The van der Waals surface area contributed by atoms with E-state index in [0.29, 0.717) is 27.7 Å². The van der Waals surface area contributed by atoms with Crippen molar-refractivity contribution in [1.82, 2.24) is 19.6 Å². The van der Waals surface area contributed by atoms with Crippen LogP contribution in [0.4, 0.5) is 15.8 Å². The van der Waals surface area contributed by atoms with E-state index in [1.54, 1.807) is 24.6 Å². The van der Waals surface area contributed by atoms with Gasteiger partial charge in [-0.1, -0.05) is 17.7 Å². The second-order valence-corrected chi connectivity index (χ2v) is 6.89. The van der Waals surface area contributed by atoms with Gasteiger partial charge in [0.15, 0.2) is 0 Å². The van der Waals surface area contributed by atoms with Crippen LogP contribution >= 0.6 is 11.6 Å². The molecule has 0 aliphatic carbocycles. The molecule has 2 aromatic heterocycles. The molecular weight excluding hydrogens is 403 g/mol. The quantitative estimate of drug-likeness (QED) is 0.485. The molecule has 1 aromatic carbocycles. The largest absolute Gasteiger partial charge is 0.321 e. The Labute approximate surface area is 170 Å². The lowest BCUT2D eigenvalue weighted by Gasteiger charge is -2.09. The Bertz CT molecular complexity index is 1090. The standard InChI is InChI=1S/C18H18ClFN6O3/c1-10-18(22-17(27)9-24-11(2)16(7-21-24)26(28)29)12(3)25(23-10)8-13-14(19)5-4-6-15(13)20/h4-7H,8-9H2,1-3H3,(H,22,27). The number of benzene rings is 1. The van der Waals surface area contributed by atoms with Gasteiger partial charge in [0.1, 0.15) is 24.3 Å². The average molecular weight is 421 g/mol. The maximum Gasteiger partial charge on any atom is 0.309 e. The number of carbonyl (C=O) groups excluding carboxylic acids is 1. The lowest BCUT2D eigenvalue weighted by Crippen LogP contribution is -2.21. The fraction of sp³-hybridized carbons (Fsp3) is 0.278. The van der Waals surface area contributed by atoms with Gasteiger partial charge in [0.05, 0.1) is 28.5 Å². The minimum Gasteiger partial charge on any atom is -0.321 e. The van der Waals surface area contributed by atoms with Gasteiger partial charge in [-0.05, 0) is 32.9 Å². The van der Waals surface area contributed by atoms with E-state index in [-0.39, 0.29) is 24.5 Å². The van der Waals surface area contributed by atoms with Crippen LogP contribution in [0.15, 0.2) is 24.4 Å². The Morgan fingerprint density at radius 1 is 1.28 bits per heavy atom. The number of nitro groups is 1. The second kappa shape index (κ2) is 8.00. The van der Waals surface area contributed by atoms with Crippen molar-refractivity contribution in [1.29, 1.82) is 0 Å². The Morgan fingerprint density at radius 3 is 2.62 bits per heavy atom. The van der Waals surface area contributed by atoms with Crippen LogP contribution in [0.2, 0.25) is 5.02 Å². The van der Waals surface area contributed by atoms with Gasteiger partial charge < -0.3 is 5.32 Å². The van der Waals surface area contributed by atoms with Gasteiger partial charge in [0.2, 0.25) is 5.91 Å². The third-order valence-electron chi connectivity index (χ3n) is 4.58. The summed E-state index contributed by atoms with van der Waals surface area (Å²) in [7, 11) is 0. The molecule has 1 amide bonds. The Hall–Kier alpha value is -3.27. The smallest absolute Gasteiger partial charge is 0.309 e. The van der Waals surface area contributed by atoms with Gasteiger partial charge in [-0.3, -0.25) is 24.3 Å². The number of halogens is 2. The molecule has 0 fully saturated rings. The minimum absolute atomic E-state index is 0.110. The SMILES string of the molecule is Cc1nn(Cc2c(F)cccc2Cl)c(C)c1NC(=O)Cn1ncc([N+](=O)[O-])c1C. The molecule has 0 aliphatic heterocycles. The van der Waals surface area contributed by atoms with Crippen molar-refractivity contribution >= 4 is 28.9 Å². The summed E-state index contributed by atoms with van der Waals surface area (Å²) in [4.78, 5) is 22.8. The highest BCUT2D eigenvalue weighted by Gasteiger charge is 2.20. The van der Waals surface area contributed by atoms with Gasteiger partial charge in [-0.25, -0.2) is 4.39 Å². The van der Waals surface area contributed by atoms with Crippen molar-refractivity contribution in [3.63, 3.8) is 0 Å². The van der Waals surface area contributed by atoms with Gasteiger partial charge in [0, 0.05) is 10.6 Å². The van der Waals surface area contributed by atoms with E-state index in [4.69, 9.17) is 11.6 Å². The van der Waals surface area contributed by atoms with E-state index in [1.165, 1.54) is 23.7 Å².